The fourth-order valence-corrected chi connectivity index (χ4v) is 3.82. The summed E-state index contributed by atoms with van der Waals surface area (Å²) in [5.74, 6) is 0.885. The number of nitrogens with zero attached hydrogens (tertiary/aromatic N) is 1. The Bertz CT molecular complexity index is 321. The second-order valence-electron chi connectivity index (χ2n) is 6.58. The Balaban J connectivity index is 1.44. The van der Waals surface area contributed by atoms with Crippen LogP contribution in [0.15, 0.2) is 0 Å². The smallest absolute Gasteiger partial charge is 0.223 e. The highest BCUT2D eigenvalue weighted by Crippen LogP contribution is 2.32. The average molecular weight is 265 g/mol. The summed E-state index contributed by atoms with van der Waals surface area (Å²) in [6.45, 7) is 3.00. The molecule has 108 valence electrons. The van der Waals surface area contributed by atoms with Crippen molar-refractivity contribution in [2.75, 3.05) is 19.6 Å². The number of piperidine rings is 1. The molecule has 0 aromatic heterocycles. The molecule has 19 heavy (non-hydrogen) atoms. The van der Waals surface area contributed by atoms with Gasteiger partial charge in [-0.05, 0) is 51.0 Å². The molecular weight excluding hydrogens is 238 g/mol. The fourth-order valence-electron chi connectivity index (χ4n) is 3.82. The number of nitrogens with two attached hydrogens (primary N) is 1. The quantitative estimate of drug-likeness (QED) is 0.800. The number of hydrogen-bond acceptors (Lipinski definition) is 3. The highest BCUT2D eigenvalue weighted by molar-refractivity contribution is 5.79. The predicted octanol–water partition coefficient (Wildman–Crippen LogP) is 1.10. The number of rotatable bonds is 4. The van der Waals surface area contributed by atoms with Crippen LogP contribution in [-0.2, 0) is 4.79 Å². The molecule has 3 rings (SSSR count). The zero-order valence-corrected chi connectivity index (χ0v) is 11.8. The molecule has 3 N–H and O–H groups in total. The highest BCUT2D eigenvalue weighted by atomic mass is 16.2. The third-order valence-corrected chi connectivity index (χ3v) is 5.24. The summed E-state index contributed by atoms with van der Waals surface area (Å²) >= 11 is 0. The van der Waals surface area contributed by atoms with Crippen molar-refractivity contribution in [3.63, 3.8) is 0 Å². The van der Waals surface area contributed by atoms with Gasteiger partial charge in [0.05, 0.1) is 0 Å². The molecule has 4 nitrogen and oxygen atoms in total. The van der Waals surface area contributed by atoms with Crippen molar-refractivity contribution in [2.45, 2.75) is 57.0 Å². The first-order valence-corrected chi connectivity index (χ1v) is 8.02. The number of hydrogen-bond donors (Lipinski definition) is 2. The van der Waals surface area contributed by atoms with Crippen LogP contribution in [0.2, 0.25) is 0 Å². The van der Waals surface area contributed by atoms with Crippen LogP contribution < -0.4 is 11.1 Å². The van der Waals surface area contributed by atoms with Gasteiger partial charge in [0.25, 0.3) is 0 Å². The first-order valence-electron chi connectivity index (χ1n) is 8.02. The summed E-state index contributed by atoms with van der Waals surface area (Å²) in [6.07, 6.45) is 8.36. The molecule has 0 aromatic rings. The lowest BCUT2D eigenvalue weighted by Gasteiger charge is -2.33. The van der Waals surface area contributed by atoms with Crippen LogP contribution in [0.5, 0.6) is 0 Å². The van der Waals surface area contributed by atoms with Gasteiger partial charge in [0.1, 0.15) is 0 Å². The van der Waals surface area contributed by atoms with E-state index in [9.17, 15) is 4.79 Å². The molecule has 2 unspecified atom stereocenters. The first-order chi connectivity index (χ1) is 9.28. The van der Waals surface area contributed by atoms with Gasteiger partial charge in [0, 0.05) is 31.1 Å². The Morgan fingerprint density at radius 1 is 1.11 bits per heavy atom. The van der Waals surface area contributed by atoms with E-state index in [0.29, 0.717) is 18.5 Å². The van der Waals surface area contributed by atoms with E-state index in [0.717, 1.165) is 31.7 Å². The molecule has 0 spiro atoms. The maximum atomic E-state index is 12.3. The Morgan fingerprint density at radius 3 is 2.47 bits per heavy atom. The lowest BCUT2D eigenvalue weighted by atomic mass is 9.94. The van der Waals surface area contributed by atoms with Gasteiger partial charge in [-0.2, -0.15) is 0 Å². The van der Waals surface area contributed by atoms with E-state index in [1.165, 1.54) is 32.4 Å². The topological polar surface area (TPSA) is 58.4 Å². The van der Waals surface area contributed by atoms with Crippen LogP contribution in [0.25, 0.3) is 0 Å². The third kappa shape index (κ3) is 3.11. The van der Waals surface area contributed by atoms with Crippen molar-refractivity contribution < 1.29 is 4.79 Å². The molecule has 1 saturated heterocycles. The summed E-state index contributed by atoms with van der Waals surface area (Å²) in [4.78, 5) is 14.9. The van der Waals surface area contributed by atoms with Gasteiger partial charge >= 0.3 is 0 Å². The number of amides is 1. The minimum atomic E-state index is 0.187. The van der Waals surface area contributed by atoms with Crippen molar-refractivity contribution in [3.8, 4) is 0 Å². The van der Waals surface area contributed by atoms with E-state index >= 15 is 0 Å². The first kappa shape index (κ1) is 13.4. The molecule has 1 amide bonds. The predicted molar refractivity (Wildman–Crippen MR) is 75.6 cm³/mol. The van der Waals surface area contributed by atoms with E-state index < -0.39 is 0 Å². The van der Waals surface area contributed by atoms with Gasteiger partial charge in [0.15, 0.2) is 0 Å². The number of carbonyl (C=O) groups excluding carboxylic acids is 1. The standard InChI is InChI=1S/C15H27N3O/c16-10-11-2-1-3-14(11)15(19)17-12-6-8-18(9-7-12)13-4-5-13/h11-14H,1-10,16H2,(H,17,19). The van der Waals surface area contributed by atoms with Crippen LogP contribution in [0.4, 0.5) is 0 Å². The summed E-state index contributed by atoms with van der Waals surface area (Å²) in [5, 5.41) is 3.28. The second kappa shape index (κ2) is 5.80. The van der Waals surface area contributed by atoms with Crippen LogP contribution in [-0.4, -0.2) is 42.5 Å². The summed E-state index contributed by atoms with van der Waals surface area (Å²) < 4.78 is 0. The molecular formula is C15H27N3O. The summed E-state index contributed by atoms with van der Waals surface area (Å²) in [6, 6.07) is 1.27. The van der Waals surface area contributed by atoms with E-state index in [1.54, 1.807) is 0 Å². The SMILES string of the molecule is NCC1CCCC1C(=O)NC1CCN(C2CC2)CC1. The minimum Gasteiger partial charge on any atom is -0.353 e. The van der Waals surface area contributed by atoms with Gasteiger partial charge in [-0.25, -0.2) is 0 Å². The van der Waals surface area contributed by atoms with E-state index in [2.05, 4.69) is 10.2 Å². The van der Waals surface area contributed by atoms with Gasteiger partial charge < -0.3 is 16.0 Å². The third-order valence-electron chi connectivity index (χ3n) is 5.24. The van der Waals surface area contributed by atoms with Crippen LogP contribution in [0, 0.1) is 11.8 Å². The Morgan fingerprint density at radius 2 is 1.84 bits per heavy atom. The molecule has 3 aliphatic rings. The van der Waals surface area contributed by atoms with Gasteiger partial charge in [-0.3, -0.25) is 4.79 Å². The van der Waals surface area contributed by atoms with Crippen LogP contribution >= 0.6 is 0 Å². The van der Waals surface area contributed by atoms with Crippen molar-refractivity contribution in [2.24, 2.45) is 17.6 Å². The number of nitrogens with one attached hydrogen (secondary N) is 1. The van der Waals surface area contributed by atoms with Crippen molar-refractivity contribution in [1.29, 1.82) is 0 Å². The summed E-state index contributed by atoms with van der Waals surface area (Å²) in [7, 11) is 0. The molecule has 1 heterocycles. The van der Waals surface area contributed by atoms with Gasteiger partial charge in [0.2, 0.25) is 5.91 Å². The lowest BCUT2D eigenvalue weighted by Crippen LogP contribution is -2.47. The van der Waals surface area contributed by atoms with Crippen molar-refractivity contribution in [3.05, 3.63) is 0 Å². The van der Waals surface area contributed by atoms with Crippen LogP contribution in [0.1, 0.15) is 44.9 Å². The van der Waals surface area contributed by atoms with Crippen LogP contribution in [0.3, 0.4) is 0 Å². The Hall–Kier alpha value is -0.610. The second-order valence-corrected chi connectivity index (χ2v) is 6.58. The summed E-state index contributed by atoms with van der Waals surface area (Å²) in [5.41, 5.74) is 5.77. The minimum absolute atomic E-state index is 0.187. The molecule has 3 fully saturated rings. The molecule has 1 aliphatic heterocycles. The monoisotopic (exact) mass is 265 g/mol. The van der Waals surface area contributed by atoms with E-state index in [1.807, 2.05) is 0 Å². The van der Waals surface area contributed by atoms with Crippen molar-refractivity contribution >= 4 is 5.91 Å². The Kier molecular flexibility index (Phi) is 4.08. The maximum Gasteiger partial charge on any atom is 0.223 e. The van der Waals surface area contributed by atoms with E-state index in [-0.39, 0.29) is 11.8 Å². The lowest BCUT2D eigenvalue weighted by molar-refractivity contribution is -0.127. The maximum absolute atomic E-state index is 12.3. The average Bonchev–Trinajstić information content (AvgIpc) is 3.16. The van der Waals surface area contributed by atoms with Crippen molar-refractivity contribution in [1.82, 2.24) is 10.2 Å². The molecule has 0 bridgehead atoms. The van der Waals surface area contributed by atoms with Gasteiger partial charge in [-0.15, -0.1) is 0 Å². The normalized spacial score (nSPS) is 33.5. The fraction of sp³-hybridized carbons (Fsp3) is 0.933. The molecule has 4 heteroatoms. The molecule has 2 aliphatic carbocycles. The number of carbonyl (C=O) groups is 1. The highest BCUT2D eigenvalue weighted by Gasteiger charge is 2.35. The molecule has 0 aromatic carbocycles. The molecule has 0 radical (unpaired) electrons. The molecule has 2 saturated carbocycles. The zero-order chi connectivity index (χ0) is 13.2. The Labute approximate surface area is 116 Å². The van der Waals surface area contributed by atoms with E-state index in [4.69, 9.17) is 5.73 Å². The van der Waals surface area contributed by atoms with Gasteiger partial charge in [-0.1, -0.05) is 6.42 Å². The zero-order valence-electron chi connectivity index (χ0n) is 11.8. The molecule has 2 atom stereocenters. The largest absolute Gasteiger partial charge is 0.353 e. The number of likely N-dealkylation sites (tertiary alicyclic amines) is 1.